The summed E-state index contributed by atoms with van der Waals surface area (Å²) < 4.78 is 0. The van der Waals surface area contributed by atoms with Crippen molar-refractivity contribution in [3.05, 3.63) is 47.3 Å². The third kappa shape index (κ3) is 3.95. The largest absolute Gasteiger partial charge is 0.389 e. The van der Waals surface area contributed by atoms with Crippen molar-refractivity contribution < 1.29 is 5.11 Å². The van der Waals surface area contributed by atoms with Gasteiger partial charge in [-0.25, -0.2) is 0 Å². The van der Waals surface area contributed by atoms with E-state index in [9.17, 15) is 5.11 Å². The zero-order chi connectivity index (χ0) is 13.0. The molecule has 2 rings (SSSR count). The van der Waals surface area contributed by atoms with Crippen molar-refractivity contribution in [1.29, 1.82) is 0 Å². The van der Waals surface area contributed by atoms with Crippen LogP contribution in [0.3, 0.4) is 0 Å². The van der Waals surface area contributed by atoms with Crippen molar-refractivity contribution in [3.8, 4) is 10.4 Å². The fourth-order valence-corrected chi connectivity index (χ4v) is 2.70. The standard InChI is InChI=1S/C15H19NOS/c1-15(2,17)11-16-10-13-8-9-14(18-13)12-6-4-3-5-7-12/h3-9,16-17H,10-11H2,1-2H3. The summed E-state index contributed by atoms with van der Waals surface area (Å²) in [5, 5.41) is 12.9. The number of rotatable bonds is 5. The van der Waals surface area contributed by atoms with Gasteiger partial charge in [-0.05, 0) is 31.5 Å². The van der Waals surface area contributed by atoms with Crippen LogP contribution in [0.25, 0.3) is 10.4 Å². The van der Waals surface area contributed by atoms with E-state index in [0.717, 1.165) is 6.54 Å². The number of aliphatic hydroxyl groups is 1. The Kier molecular flexibility index (Phi) is 4.17. The third-order valence-electron chi connectivity index (χ3n) is 2.58. The summed E-state index contributed by atoms with van der Waals surface area (Å²) in [5.41, 5.74) is 0.607. The molecule has 0 aliphatic rings. The summed E-state index contributed by atoms with van der Waals surface area (Å²) in [6, 6.07) is 14.7. The van der Waals surface area contributed by atoms with Crippen molar-refractivity contribution in [2.45, 2.75) is 26.0 Å². The van der Waals surface area contributed by atoms with Gasteiger partial charge in [-0.1, -0.05) is 30.3 Å². The summed E-state index contributed by atoms with van der Waals surface area (Å²) in [7, 11) is 0. The lowest BCUT2D eigenvalue weighted by Gasteiger charge is -2.17. The van der Waals surface area contributed by atoms with E-state index in [4.69, 9.17) is 0 Å². The lowest BCUT2D eigenvalue weighted by Crippen LogP contribution is -2.34. The minimum atomic E-state index is -0.653. The van der Waals surface area contributed by atoms with Gasteiger partial charge in [-0.2, -0.15) is 0 Å². The zero-order valence-electron chi connectivity index (χ0n) is 10.8. The molecule has 0 spiro atoms. The first kappa shape index (κ1) is 13.3. The van der Waals surface area contributed by atoms with E-state index in [2.05, 4.69) is 41.7 Å². The maximum atomic E-state index is 9.62. The number of benzene rings is 1. The Bertz CT molecular complexity index is 485. The molecule has 0 fully saturated rings. The molecule has 0 aliphatic carbocycles. The van der Waals surface area contributed by atoms with Crippen LogP contribution < -0.4 is 5.32 Å². The van der Waals surface area contributed by atoms with E-state index < -0.39 is 5.60 Å². The summed E-state index contributed by atoms with van der Waals surface area (Å²) in [5.74, 6) is 0. The van der Waals surface area contributed by atoms with Gasteiger partial charge in [0.1, 0.15) is 0 Å². The zero-order valence-corrected chi connectivity index (χ0v) is 11.6. The number of hydrogen-bond donors (Lipinski definition) is 2. The van der Waals surface area contributed by atoms with Crippen LogP contribution in [-0.4, -0.2) is 17.3 Å². The van der Waals surface area contributed by atoms with Gasteiger partial charge in [-0.3, -0.25) is 0 Å². The molecule has 0 aliphatic heterocycles. The molecule has 2 aromatic rings. The van der Waals surface area contributed by atoms with Crippen LogP contribution >= 0.6 is 11.3 Å². The highest BCUT2D eigenvalue weighted by Gasteiger charge is 2.11. The first-order valence-corrected chi connectivity index (χ1v) is 6.93. The molecular weight excluding hydrogens is 242 g/mol. The van der Waals surface area contributed by atoms with Gasteiger partial charge in [0.2, 0.25) is 0 Å². The molecule has 1 heterocycles. The Morgan fingerprint density at radius 2 is 1.83 bits per heavy atom. The first-order chi connectivity index (χ1) is 8.54. The Hall–Kier alpha value is -1.16. The van der Waals surface area contributed by atoms with Gasteiger partial charge >= 0.3 is 0 Å². The summed E-state index contributed by atoms with van der Waals surface area (Å²) in [4.78, 5) is 2.58. The Labute approximate surface area is 112 Å². The Morgan fingerprint density at radius 3 is 2.50 bits per heavy atom. The Morgan fingerprint density at radius 1 is 1.11 bits per heavy atom. The lowest BCUT2D eigenvalue weighted by atomic mass is 10.1. The molecule has 0 radical (unpaired) electrons. The molecule has 0 saturated carbocycles. The van der Waals surface area contributed by atoms with Crippen molar-refractivity contribution in [2.75, 3.05) is 6.54 Å². The summed E-state index contributed by atoms with van der Waals surface area (Å²) in [6.07, 6.45) is 0. The SMILES string of the molecule is CC(C)(O)CNCc1ccc(-c2ccccc2)s1. The molecule has 0 unspecified atom stereocenters. The minimum Gasteiger partial charge on any atom is -0.389 e. The van der Waals surface area contributed by atoms with E-state index in [1.165, 1.54) is 15.3 Å². The molecule has 0 saturated heterocycles. The number of nitrogens with one attached hydrogen (secondary N) is 1. The van der Waals surface area contributed by atoms with Crippen molar-refractivity contribution in [1.82, 2.24) is 5.32 Å². The molecule has 18 heavy (non-hydrogen) atoms. The highest BCUT2D eigenvalue weighted by atomic mass is 32.1. The first-order valence-electron chi connectivity index (χ1n) is 6.12. The predicted octanol–water partition coefficient (Wildman–Crippen LogP) is 3.28. The average molecular weight is 261 g/mol. The van der Waals surface area contributed by atoms with Crippen LogP contribution in [0, 0.1) is 0 Å². The van der Waals surface area contributed by atoms with Gasteiger partial charge in [0, 0.05) is 22.8 Å². The molecule has 3 heteroatoms. The van der Waals surface area contributed by atoms with Gasteiger partial charge in [0.25, 0.3) is 0 Å². The van der Waals surface area contributed by atoms with Crippen molar-refractivity contribution in [2.24, 2.45) is 0 Å². The fourth-order valence-electron chi connectivity index (χ4n) is 1.72. The van der Waals surface area contributed by atoms with E-state index in [1.807, 2.05) is 19.9 Å². The lowest BCUT2D eigenvalue weighted by molar-refractivity contribution is 0.0796. The number of thiophene rings is 1. The van der Waals surface area contributed by atoms with E-state index in [-0.39, 0.29) is 0 Å². The van der Waals surface area contributed by atoms with Crippen LogP contribution in [0.15, 0.2) is 42.5 Å². The third-order valence-corrected chi connectivity index (χ3v) is 3.71. The topological polar surface area (TPSA) is 32.3 Å². The number of hydrogen-bond acceptors (Lipinski definition) is 3. The van der Waals surface area contributed by atoms with Gasteiger partial charge in [0.05, 0.1) is 5.60 Å². The maximum Gasteiger partial charge on any atom is 0.0715 e. The summed E-state index contributed by atoms with van der Waals surface area (Å²) in [6.45, 7) is 5.03. The Balaban J connectivity index is 1.95. The molecule has 2 nitrogen and oxygen atoms in total. The second-order valence-electron chi connectivity index (χ2n) is 5.05. The van der Waals surface area contributed by atoms with Gasteiger partial charge < -0.3 is 10.4 Å². The maximum absolute atomic E-state index is 9.62. The van der Waals surface area contributed by atoms with E-state index in [1.54, 1.807) is 11.3 Å². The van der Waals surface area contributed by atoms with Crippen LogP contribution in [0.4, 0.5) is 0 Å². The predicted molar refractivity (Wildman–Crippen MR) is 77.8 cm³/mol. The normalized spacial score (nSPS) is 11.7. The van der Waals surface area contributed by atoms with Crippen LogP contribution in [0.1, 0.15) is 18.7 Å². The monoisotopic (exact) mass is 261 g/mol. The quantitative estimate of drug-likeness (QED) is 0.865. The van der Waals surface area contributed by atoms with Crippen molar-refractivity contribution >= 4 is 11.3 Å². The summed E-state index contributed by atoms with van der Waals surface area (Å²) >= 11 is 1.79. The van der Waals surface area contributed by atoms with Crippen molar-refractivity contribution in [3.63, 3.8) is 0 Å². The van der Waals surface area contributed by atoms with E-state index in [0.29, 0.717) is 6.54 Å². The molecule has 1 aromatic heterocycles. The van der Waals surface area contributed by atoms with Crippen LogP contribution in [0.5, 0.6) is 0 Å². The molecule has 1 aromatic carbocycles. The second-order valence-corrected chi connectivity index (χ2v) is 6.22. The van der Waals surface area contributed by atoms with Crippen LogP contribution in [0.2, 0.25) is 0 Å². The highest BCUT2D eigenvalue weighted by molar-refractivity contribution is 7.15. The smallest absolute Gasteiger partial charge is 0.0715 e. The van der Waals surface area contributed by atoms with Gasteiger partial charge in [0.15, 0.2) is 0 Å². The fraction of sp³-hybridized carbons (Fsp3) is 0.333. The van der Waals surface area contributed by atoms with Gasteiger partial charge in [-0.15, -0.1) is 11.3 Å². The minimum absolute atomic E-state index is 0.603. The molecular formula is C15H19NOS. The molecule has 2 N–H and O–H groups in total. The molecule has 0 amide bonds. The molecule has 0 atom stereocenters. The van der Waals surface area contributed by atoms with E-state index >= 15 is 0 Å². The van der Waals surface area contributed by atoms with Crippen LogP contribution in [-0.2, 0) is 6.54 Å². The molecule has 96 valence electrons. The molecule has 0 bridgehead atoms. The second kappa shape index (κ2) is 5.65. The average Bonchev–Trinajstić information content (AvgIpc) is 2.77. The highest BCUT2D eigenvalue weighted by Crippen LogP contribution is 2.27.